The van der Waals surface area contributed by atoms with Gasteiger partial charge in [0.25, 0.3) is 0 Å². The van der Waals surface area contributed by atoms with Crippen molar-refractivity contribution in [2.24, 2.45) is 5.73 Å². The van der Waals surface area contributed by atoms with Gasteiger partial charge in [-0.1, -0.05) is 23.4 Å². The summed E-state index contributed by atoms with van der Waals surface area (Å²) in [6.07, 6.45) is 2.77. The number of carbonyl (C=O) groups is 1. The normalized spacial score (nSPS) is 12.3. The molecule has 2 rings (SSSR count). The molecule has 2 N–H and O–H groups in total. The lowest BCUT2D eigenvalue weighted by Crippen LogP contribution is -2.32. The number of benzene rings is 1. The molecular formula is C14H18N4O2. The third kappa shape index (κ3) is 3.28. The van der Waals surface area contributed by atoms with Crippen molar-refractivity contribution in [3.05, 3.63) is 42.2 Å². The number of rotatable bonds is 7. The van der Waals surface area contributed by atoms with E-state index in [0.717, 1.165) is 12.1 Å². The Kier molecular flexibility index (Phi) is 4.97. The maximum absolute atomic E-state index is 12.3. The first kappa shape index (κ1) is 14.4. The molecule has 0 saturated carbocycles. The van der Waals surface area contributed by atoms with E-state index in [1.54, 1.807) is 7.11 Å². The van der Waals surface area contributed by atoms with Crippen LogP contribution in [-0.2, 0) is 4.74 Å². The molecule has 6 nitrogen and oxygen atoms in total. The van der Waals surface area contributed by atoms with Crippen LogP contribution in [0.25, 0.3) is 5.69 Å². The zero-order chi connectivity index (χ0) is 14.4. The van der Waals surface area contributed by atoms with Crippen LogP contribution in [0.3, 0.4) is 0 Å². The highest BCUT2D eigenvalue weighted by molar-refractivity contribution is 5.98. The summed E-state index contributed by atoms with van der Waals surface area (Å²) in [4.78, 5) is 12.3. The van der Waals surface area contributed by atoms with Crippen molar-refractivity contribution >= 4 is 5.78 Å². The first-order chi connectivity index (χ1) is 9.74. The lowest BCUT2D eigenvalue weighted by molar-refractivity contribution is 0.0942. The fraction of sp³-hybridized carbons (Fsp3) is 0.357. The van der Waals surface area contributed by atoms with Gasteiger partial charge in [-0.2, -0.15) is 0 Å². The minimum atomic E-state index is -0.564. The SMILES string of the molecule is COCCCC(N)C(=O)c1cnnn1-c1ccccc1. The van der Waals surface area contributed by atoms with Crippen LogP contribution in [0.1, 0.15) is 23.3 Å². The second kappa shape index (κ2) is 6.93. The Hall–Kier alpha value is -2.05. The van der Waals surface area contributed by atoms with Gasteiger partial charge in [0.05, 0.1) is 17.9 Å². The lowest BCUT2D eigenvalue weighted by atomic mass is 10.1. The Bertz CT molecular complexity index is 553. The molecule has 0 saturated heterocycles. The van der Waals surface area contributed by atoms with Gasteiger partial charge in [0.1, 0.15) is 5.69 Å². The van der Waals surface area contributed by atoms with Crippen molar-refractivity contribution in [1.29, 1.82) is 0 Å². The number of Topliss-reactive ketones (excluding diaryl/α,β-unsaturated/α-hetero) is 1. The number of methoxy groups -OCH3 is 1. The molecule has 1 atom stereocenters. The van der Waals surface area contributed by atoms with Crippen LogP contribution in [0.2, 0.25) is 0 Å². The van der Waals surface area contributed by atoms with Crippen molar-refractivity contribution < 1.29 is 9.53 Å². The fourth-order valence-corrected chi connectivity index (χ4v) is 1.93. The van der Waals surface area contributed by atoms with Crippen LogP contribution >= 0.6 is 0 Å². The maximum Gasteiger partial charge on any atom is 0.199 e. The monoisotopic (exact) mass is 274 g/mol. The van der Waals surface area contributed by atoms with Crippen LogP contribution in [-0.4, -0.2) is 40.5 Å². The Morgan fingerprint density at radius 1 is 1.40 bits per heavy atom. The third-order valence-corrected chi connectivity index (χ3v) is 3.00. The van der Waals surface area contributed by atoms with E-state index in [9.17, 15) is 4.79 Å². The van der Waals surface area contributed by atoms with Crippen molar-refractivity contribution in [3.8, 4) is 5.69 Å². The third-order valence-electron chi connectivity index (χ3n) is 3.00. The number of aromatic nitrogens is 3. The molecule has 0 fully saturated rings. The number of ketones is 1. The molecule has 1 aromatic heterocycles. The smallest absolute Gasteiger partial charge is 0.199 e. The average Bonchev–Trinajstić information content (AvgIpc) is 2.97. The van der Waals surface area contributed by atoms with E-state index >= 15 is 0 Å². The minimum absolute atomic E-state index is 0.157. The fourth-order valence-electron chi connectivity index (χ4n) is 1.93. The number of hydrogen-bond donors (Lipinski definition) is 1. The summed E-state index contributed by atoms with van der Waals surface area (Å²) >= 11 is 0. The molecule has 6 heteroatoms. The van der Waals surface area contributed by atoms with Crippen molar-refractivity contribution in [3.63, 3.8) is 0 Å². The first-order valence-corrected chi connectivity index (χ1v) is 6.49. The summed E-state index contributed by atoms with van der Waals surface area (Å²) in [7, 11) is 1.63. The predicted molar refractivity (Wildman–Crippen MR) is 74.8 cm³/mol. The summed E-state index contributed by atoms with van der Waals surface area (Å²) in [6, 6.07) is 8.82. The highest BCUT2D eigenvalue weighted by Gasteiger charge is 2.20. The Labute approximate surface area is 117 Å². The van der Waals surface area contributed by atoms with Gasteiger partial charge in [-0.3, -0.25) is 4.79 Å². The van der Waals surface area contributed by atoms with Crippen LogP contribution in [0.4, 0.5) is 0 Å². The van der Waals surface area contributed by atoms with E-state index in [2.05, 4.69) is 10.3 Å². The zero-order valence-electron chi connectivity index (χ0n) is 11.4. The van der Waals surface area contributed by atoms with Crippen molar-refractivity contribution in [1.82, 2.24) is 15.0 Å². The summed E-state index contributed by atoms with van der Waals surface area (Å²) in [5.74, 6) is -0.157. The number of carbonyl (C=O) groups excluding carboxylic acids is 1. The van der Waals surface area contributed by atoms with Crippen molar-refractivity contribution in [2.45, 2.75) is 18.9 Å². The predicted octanol–water partition coefficient (Wildman–Crippen LogP) is 1.20. The summed E-state index contributed by atoms with van der Waals surface area (Å²) in [6.45, 7) is 0.594. The van der Waals surface area contributed by atoms with E-state index < -0.39 is 6.04 Å². The van der Waals surface area contributed by atoms with E-state index in [-0.39, 0.29) is 5.78 Å². The molecule has 1 unspecified atom stereocenters. The van der Waals surface area contributed by atoms with E-state index in [4.69, 9.17) is 10.5 Å². The molecule has 0 aliphatic rings. The Morgan fingerprint density at radius 2 is 2.15 bits per heavy atom. The molecule has 1 aromatic carbocycles. The minimum Gasteiger partial charge on any atom is -0.385 e. The van der Waals surface area contributed by atoms with E-state index in [0.29, 0.717) is 18.7 Å². The van der Waals surface area contributed by atoms with Crippen molar-refractivity contribution in [2.75, 3.05) is 13.7 Å². The molecular weight excluding hydrogens is 256 g/mol. The standard InChI is InChI=1S/C14H18N4O2/c1-20-9-5-8-12(15)14(19)13-10-16-17-18(13)11-6-3-2-4-7-11/h2-4,6-7,10,12H,5,8-9,15H2,1H3. The lowest BCUT2D eigenvalue weighted by Gasteiger charge is -2.11. The molecule has 0 aliphatic carbocycles. The van der Waals surface area contributed by atoms with Crippen LogP contribution in [0.15, 0.2) is 36.5 Å². The number of ether oxygens (including phenoxy) is 1. The van der Waals surface area contributed by atoms with Crippen LogP contribution < -0.4 is 5.73 Å². The summed E-state index contributed by atoms with van der Waals surface area (Å²) < 4.78 is 6.47. The molecule has 0 amide bonds. The quantitative estimate of drug-likeness (QED) is 0.606. The molecule has 2 aromatic rings. The molecule has 1 heterocycles. The topological polar surface area (TPSA) is 83.0 Å². The van der Waals surface area contributed by atoms with E-state index in [1.807, 2.05) is 30.3 Å². The van der Waals surface area contributed by atoms with Crippen LogP contribution in [0, 0.1) is 0 Å². The number of hydrogen-bond acceptors (Lipinski definition) is 5. The largest absolute Gasteiger partial charge is 0.385 e. The second-order valence-electron chi connectivity index (χ2n) is 4.47. The summed E-state index contributed by atoms with van der Waals surface area (Å²) in [5, 5.41) is 7.76. The first-order valence-electron chi connectivity index (χ1n) is 6.49. The Balaban J connectivity index is 2.13. The van der Waals surface area contributed by atoms with Gasteiger partial charge in [0.15, 0.2) is 5.78 Å². The van der Waals surface area contributed by atoms with Gasteiger partial charge in [0.2, 0.25) is 0 Å². The van der Waals surface area contributed by atoms with Gasteiger partial charge < -0.3 is 10.5 Å². The average molecular weight is 274 g/mol. The summed E-state index contributed by atoms with van der Waals surface area (Å²) in [5.41, 5.74) is 7.12. The molecule has 0 spiro atoms. The second-order valence-corrected chi connectivity index (χ2v) is 4.47. The molecule has 20 heavy (non-hydrogen) atoms. The zero-order valence-corrected chi connectivity index (χ0v) is 11.4. The number of para-hydroxylation sites is 1. The Morgan fingerprint density at radius 3 is 2.85 bits per heavy atom. The molecule has 0 bridgehead atoms. The van der Waals surface area contributed by atoms with Crippen LogP contribution in [0.5, 0.6) is 0 Å². The maximum atomic E-state index is 12.3. The van der Waals surface area contributed by atoms with Gasteiger partial charge in [0, 0.05) is 13.7 Å². The molecule has 0 aliphatic heterocycles. The highest BCUT2D eigenvalue weighted by Crippen LogP contribution is 2.11. The highest BCUT2D eigenvalue weighted by atomic mass is 16.5. The van der Waals surface area contributed by atoms with Gasteiger partial charge in [-0.05, 0) is 25.0 Å². The molecule has 0 radical (unpaired) electrons. The number of nitrogens with two attached hydrogens (primary N) is 1. The van der Waals surface area contributed by atoms with Gasteiger partial charge in [-0.15, -0.1) is 5.10 Å². The number of nitrogens with zero attached hydrogens (tertiary/aromatic N) is 3. The van der Waals surface area contributed by atoms with E-state index in [1.165, 1.54) is 10.9 Å². The molecule has 106 valence electrons. The van der Waals surface area contributed by atoms with Gasteiger partial charge in [-0.25, -0.2) is 4.68 Å². The van der Waals surface area contributed by atoms with Gasteiger partial charge >= 0.3 is 0 Å².